The third-order valence-corrected chi connectivity index (χ3v) is 4.27. The topological polar surface area (TPSA) is 100 Å². The number of nitrogens with zero attached hydrogens (tertiary/aromatic N) is 2. The molecule has 0 aromatic carbocycles. The summed E-state index contributed by atoms with van der Waals surface area (Å²) in [5, 5.41) is 0.349. The van der Waals surface area contributed by atoms with Crippen molar-refractivity contribution in [3.8, 4) is 0 Å². The van der Waals surface area contributed by atoms with Crippen LogP contribution in [0.25, 0.3) is 0 Å². The molecule has 1 aliphatic rings. The molecule has 2 heterocycles. The molecule has 0 radical (unpaired) electrons. The number of anilines is 1. The Morgan fingerprint density at radius 2 is 2.25 bits per heavy atom. The first-order chi connectivity index (χ1) is 9.28. The zero-order valence-electron chi connectivity index (χ0n) is 10.5. The number of aromatic nitrogens is 2. The molecule has 110 valence electrons. The van der Waals surface area contributed by atoms with Gasteiger partial charge >= 0.3 is 10.2 Å². The number of H-pyrrole nitrogens is 1. The van der Waals surface area contributed by atoms with E-state index in [1.807, 2.05) is 0 Å². The van der Waals surface area contributed by atoms with Crippen LogP contribution in [-0.2, 0) is 15.0 Å². The average molecular weight is 321 g/mol. The molecule has 0 spiro atoms. The minimum absolute atomic E-state index is 0.0340. The predicted octanol–water partition coefficient (Wildman–Crippen LogP) is 0.144. The van der Waals surface area contributed by atoms with E-state index < -0.39 is 27.5 Å². The first kappa shape index (κ1) is 15.0. The van der Waals surface area contributed by atoms with E-state index in [4.69, 9.17) is 0 Å². The fraction of sp³-hybridized carbons (Fsp3) is 0.500. The quantitative estimate of drug-likeness (QED) is 0.481. The van der Waals surface area contributed by atoms with E-state index in [1.165, 1.54) is 16.7 Å². The number of halogens is 1. The predicted molar refractivity (Wildman–Crippen MR) is 72.0 cm³/mol. The zero-order chi connectivity index (χ0) is 14.9. The smallest absolute Gasteiger partial charge is 0.301 e. The number of carbonyl (C=O) groups is 1. The number of amides is 1. The lowest BCUT2D eigenvalue weighted by molar-refractivity contribution is -0.117. The van der Waals surface area contributed by atoms with Crippen LogP contribution in [0, 0.1) is 5.92 Å². The number of hydrogen-bond donors (Lipinski definition) is 1. The summed E-state index contributed by atoms with van der Waals surface area (Å²) in [6, 6.07) is 1.16. The van der Waals surface area contributed by atoms with Crippen LogP contribution in [-0.4, -0.2) is 42.8 Å². The maximum atomic E-state index is 12.6. The molecule has 2 rings (SSSR count). The summed E-state index contributed by atoms with van der Waals surface area (Å²) in [7, 11) is -4.63. The van der Waals surface area contributed by atoms with Gasteiger partial charge in [-0.2, -0.15) is 8.42 Å². The molecule has 20 heavy (non-hydrogen) atoms. The standard InChI is InChI=1S/C10H12FN3O4S2/c1-19-10-12-7(3-8(15)13-10)14-4-6(2-9(14)16)5-20(11,17)18/h3,6H,2,4-5H2,1H3,(H,12,13,15). The minimum atomic E-state index is -4.63. The van der Waals surface area contributed by atoms with Crippen LogP contribution in [0.2, 0.25) is 0 Å². The third kappa shape index (κ3) is 3.57. The molecule has 1 amide bonds. The van der Waals surface area contributed by atoms with E-state index in [1.54, 1.807) is 6.26 Å². The van der Waals surface area contributed by atoms with Gasteiger partial charge in [-0.3, -0.25) is 14.5 Å². The molecule has 0 saturated carbocycles. The van der Waals surface area contributed by atoms with E-state index in [9.17, 15) is 21.9 Å². The highest BCUT2D eigenvalue weighted by molar-refractivity contribution is 7.98. The largest absolute Gasteiger partial charge is 0.302 e. The fourth-order valence-corrected chi connectivity index (χ4v) is 3.23. The molecule has 1 aliphatic heterocycles. The summed E-state index contributed by atoms with van der Waals surface area (Å²) in [5.41, 5.74) is -0.409. The van der Waals surface area contributed by atoms with Gasteiger partial charge < -0.3 is 4.98 Å². The Kier molecular flexibility index (Phi) is 4.14. The summed E-state index contributed by atoms with van der Waals surface area (Å²) in [4.78, 5) is 31.1. The Morgan fingerprint density at radius 3 is 2.85 bits per heavy atom. The number of hydrogen-bond acceptors (Lipinski definition) is 6. The maximum absolute atomic E-state index is 12.6. The van der Waals surface area contributed by atoms with Crippen molar-refractivity contribution in [1.29, 1.82) is 0 Å². The van der Waals surface area contributed by atoms with Crippen molar-refractivity contribution in [3.05, 3.63) is 16.4 Å². The van der Waals surface area contributed by atoms with Crippen LogP contribution >= 0.6 is 11.8 Å². The van der Waals surface area contributed by atoms with Crippen LogP contribution in [0.3, 0.4) is 0 Å². The maximum Gasteiger partial charge on any atom is 0.302 e. The van der Waals surface area contributed by atoms with Gasteiger partial charge in [0.15, 0.2) is 5.16 Å². The summed E-state index contributed by atoms with van der Waals surface area (Å²) in [6.45, 7) is 0.0340. The van der Waals surface area contributed by atoms with Crippen molar-refractivity contribution in [1.82, 2.24) is 9.97 Å². The number of aromatic amines is 1. The molecule has 10 heteroatoms. The Bertz CT molecular complexity index is 688. The van der Waals surface area contributed by atoms with Gasteiger partial charge in [-0.15, -0.1) is 3.89 Å². The van der Waals surface area contributed by atoms with Crippen molar-refractivity contribution in [2.45, 2.75) is 11.6 Å². The molecule has 1 unspecified atom stereocenters. The zero-order valence-corrected chi connectivity index (χ0v) is 12.1. The molecule has 1 atom stereocenters. The summed E-state index contributed by atoms with van der Waals surface area (Å²) >= 11 is 1.21. The summed E-state index contributed by atoms with van der Waals surface area (Å²) < 4.78 is 33.9. The van der Waals surface area contributed by atoms with Crippen molar-refractivity contribution < 1.29 is 17.1 Å². The number of thioether (sulfide) groups is 1. The monoisotopic (exact) mass is 321 g/mol. The Morgan fingerprint density at radius 1 is 1.55 bits per heavy atom. The second-order valence-electron chi connectivity index (χ2n) is 4.39. The molecule has 0 aliphatic carbocycles. The Balaban J connectivity index is 2.24. The lowest BCUT2D eigenvalue weighted by Gasteiger charge is -2.15. The number of rotatable bonds is 4. The second-order valence-corrected chi connectivity index (χ2v) is 6.60. The Labute approximate surface area is 118 Å². The van der Waals surface area contributed by atoms with Crippen molar-refractivity contribution in [3.63, 3.8) is 0 Å². The van der Waals surface area contributed by atoms with Crippen LogP contribution < -0.4 is 10.5 Å². The molecule has 7 nitrogen and oxygen atoms in total. The van der Waals surface area contributed by atoms with Crippen LogP contribution in [0.4, 0.5) is 9.70 Å². The van der Waals surface area contributed by atoms with Gasteiger partial charge in [-0.05, 0) is 6.26 Å². The molecular formula is C10H12FN3O4S2. The normalized spacial score (nSPS) is 19.6. The van der Waals surface area contributed by atoms with E-state index in [-0.39, 0.29) is 24.7 Å². The van der Waals surface area contributed by atoms with E-state index in [2.05, 4.69) is 9.97 Å². The van der Waals surface area contributed by atoms with Gasteiger partial charge in [0, 0.05) is 24.9 Å². The van der Waals surface area contributed by atoms with Gasteiger partial charge in [0.2, 0.25) is 5.91 Å². The van der Waals surface area contributed by atoms with Gasteiger partial charge in [0.1, 0.15) is 5.82 Å². The number of carbonyl (C=O) groups excluding carboxylic acids is 1. The van der Waals surface area contributed by atoms with E-state index in [0.717, 1.165) is 6.07 Å². The second kappa shape index (κ2) is 5.52. The Hall–Kier alpha value is -1.42. The van der Waals surface area contributed by atoms with Crippen LogP contribution in [0.5, 0.6) is 0 Å². The highest BCUT2D eigenvalue weighted by Crippen LogP contribution is 2.25. The first-order valence-corrected chi connectivity index (χ1v) is 8.44. The molecule has 1 fully saturated rings. The SMILES string of the molecule is CSc1nc(N2CC(CS(=O)(=O)F)CC2=O)cc(=O)[nH]1. The van der Waals surface area contributed by atoms with Crippen molar-refractivity contribution in [2.24, 2.45) is 5.92 Å². The van der Waals surface area contributed by atoms with Crippen LogP contribution in [0.1, 0.15) is 6.42 Å². The molecular weight excluding hydrogens is 309 g/mol. The van der Waals surface area contributed by atoms with Crippen LogP contribution in [0.15, 0.2) is 16.0 Å². The third-order valence-electron chi connectivity index (χ3n) is 2.82. The molecule has 1 N–H and O–H groups in total. The van der Waals surface area contributed by atoms with Gasteiger partial charge in [-0.1, -0.05) is 11.8 Å². The molecule has 1 saturated heterocycles. The van der Waals surface area contributed by atoms with E-state index in [0.29, 0.717) is 5.16 Å². The highest BCUT2D eigenvalue weighted by Gasteiger charge is 2.34. The van der Waals surface area contributed by atoms with Gasteiger partial charge in [-0.25, -0.2) is 4.98 Å². The van der Waals surface area contributed by atoms with Gasteiger partial charge in [0.05, 0.1) is 5.75 Å². The summed E-state index contributed by atoms with van der Waals surface area (Å²) in [5.74, 6) is -1.55. The molecule has 1 aromatic rings. The lowest BCUT2D eigenvalue weighted by Crippen LogP contribution is -2.28. The van der Waals surface area contributed by atoms with E-state index >= 15 is 0 Å². The first-order valence-electron chi connectivity index (χ1n) is 5.66. The minimum Gasteiger partial charge on any atom is -0.301 e. The van der Waals surface area contributed by atoms with Crippen molar-refractivity contribution >= 4 is 33.7 Å². The molecule has 0 bridgehead atoms. The number of nitrogens with one attached hydrogen (secondary N) is 1. The summed E-state index contributed by atoms with van der Waals surface area (Å²) in [6.07, 6.45) is 1.64. The molecule has 1 aromatic heterocycles. The fourth-order valence-electron chi connectivity index (χ4n) is 2.05. The van der Waals surface area contributed by atoms with Crippen molar-refractivity contribution in [2.75, 3.05) is 23.5 Å². The lowest BCUT2D eigenvalue weighted by atomic mass is 10.1. The average Bonchev–Trinajstić information content (AvgIpc) is 2.66. The van der Waals surface area contributed by atoms with Gasteiger partial charge in [0.25, 0.3) is 5.56 Å². The highest BCUT2D eigenvalue weighted by atomic mass is 32.3.